The Morgan fingerprint density at radius 3 is 1.46 bits per heavy atom. The van der Waals surface area contributed by atoms with Gasteiger partial charge < -0.3 is 16.6 Å². The Morgan fingerprint density at radius 2 is 1.21 bits per heavy atom. The largest absolute Gasteiger partial charge is 0.497 e. The van der Waals surface area contributed by atoms with Crippen LogP contribution in [-0.4, -0.2) is 30.1 Å². The number of hydrogen-bond acceptors (Lipinski definition) is 11. The van der Waals surface area contributed by atoms with E-state index in [0.29, 0.717) is 23.8 Å². The normalized spacial score (nSPS) is 9.50. The lowest BCUT2D eigenvalue weighted by Gasteiger charge is -1.97. The molecule has 0 aliphatic carbocycles. The van der Waals surface area contributed by atoms with Gasteiger partial charge in [-0.3, -0.25) is 30.3 Å². The van der Waals surface area contributed by atoms with E-state index in [0.717, 1.165) is 0 Å². The maximum atomic E-state index is 10.4. The molecular formula is C10H9N7O7. The first-order valence-corrected chi connectivity index (χ1v) is 5.78. The molecule has 0 spiro atoms. The third-order valence-corrected chi connectivity index (χ3v) is 2.36. The van der Waals surface area contributed by atoms with E-state index in [1.165, 1.54) is 0 Å². The van der Waals surface area contributed by atoms with E-state index in [-0.39, 0.29) is 0 Å². The summed E-state index contributed by atoms with van der Waals surface area (Å²) in [6.45, 7) is 0. The summed E-state index contributed by atoms with van der Waals surface area (Å²) in [7, 11) is 0. The molecule has 5 N–H and O–H groups in total. The van der Waals surface area contributed by atoms with Gasteiger partial charge in [-0.1, -0.05) is 0 Å². The number of benzene rings is 1. The first-order valence-electron chi connectivity index (χ1n) is 5.78. The number of aromatic nitrogens is 2. The van der Waals surface area contributed by atoms with Gasteiger partial charge in [0.05, 0.1) is 26.9 Å². The highest BCUT2D eigenvalue weighted by molar-refractivity contribution is 5.64. The average Bonchev–Trinajstić information content (AvgIpc) is 2.50. The van der Waals surface area contributed by atoms with Crippen molar-refractivity contribution in [2.45, 2.75) is 0 Å². The highest BCUT2D eigenvalue weighted by atomic mass is 16.6. The van der Waals surface area contributed by atoms with Gasteiger partial charge in [-0.25, -0.2) is 0 Å². The summed E-state index contributed by atoms with van der Waals surface area (Å²) < 4.78 is 0. The summed E-state index contributed by atoms with van der Waals surface area (Å²) in [5.41, 5.74) is 7.39. The Bertz CT molecular complexity index is 737. The van der Waals surface area contributed by atoms with Crippen molar-refractivity contribution >= 4 is 28.7 Å². The minimum Gasteiger partial charge on any atom is -0.497 e. The van der Waals surface area contributed by atoms with Crippen molar-refractivity contribution in [2.75, 3.05) is 11.5 Å². The van der Waals surface area contributed by atoms with Crippen molar-refractivity contribution in [1.29, 1.82) is 0 Å². The van der Waals surface area contributed by atoms with Gasteiger partial charge in [-0.05, 0) is 12.1 Å². The van der Waals surface area contributed by atoms with Crippen molar-refractivity contribution in [3.05, 3.63) is 54.6 Å². The smallest absolute Gasteiger partial charge is 0.324 e. The molecule has 0 saturated carbocycles. The molecule has 0 bridgehead atoms. The zero-order chi connectivity index (χ0) is 18.4. The number of nitro groups is 3. The van der Waals surface area contributed by atoms with E-state index in [4.69, 9.17) is 16.6 Å². The number of nitrogen functional groups attached to an aromatic ring is 2. The number of hydrogen-bond donors (Lipinski definition) is 3. The van der Waals surface area contributed by atoms with Crippen LogP contribution in [0.25, 0.3) is 0 Å². The fraction of sp³-hybridized carbons (Fsp3) is 0. The second-order valence-corrected chi connectivity index (χ2v) is 3.99. The SMILES string of the molecule is Nc1ccc(N)nn1.O=[N+]([O-])c1cc([N+](=O)[O-])c(O)c([N+](=O)[O-])c1. The maximum Gasteiger partial charge on any atom is 0.324 e. The van der Waals surface area contributed by atoms with Crippen molar-refractivity contribution in [3.63, 3.8) is 0 Å². The fourth-order valence-corrected chi connectivity index (χ4v) is 1.33. The molecule has 24 heavy (non-hydrogen) atoms. The van der Waals surface area contributed by atoms with E-state index in [1.807, 2.05) is 0 Å². The van der Waals surface area contributed by atoms with E-state index < -0.39 is 37.6 Å². The predicted molar refractivity (Wildman–Crippen MR) is 78.9 cm³/mol. The Morgan fingerprint density at radius 1 is 0.833 bits per heavy atom. The fourth-order valence-electron chi connectivity index (χ4n) is 1.33. The van der Waals surface area contributed by atoms with Crippen LogP contribution in [0.3, 0.4) is 0 Å². The second kappa shape index (κ2) is 7.25. The van der Waals surface area contributed by atoms with Crippen molar-refractivity contribution in [3.8, 4) is 5.75 Å². The third kappa shape index (κ3) is 4.45. The van der Waals surface area contributed by atoms with Crippen LogP contribution in [0, 0.1) is 30.3 Å². The lowest BCUT2D eigenvalue weighted by molar-refractivity contribution is -0.404. The summed E-state index contributed by atoms with van der Waals surface area (Å²) in [6, 6.07) is 4.09. The first kappa shape index (κ1) is 18.0. The standard InChI is InChI=1S/C6H3N3O7.C4H6N4/c10-6-4(8(13)14)1-3(7(11)12)2-5(6)9(15)16;5-3-1-2-4(6)8-7-3/h1-2,10H;1-2H,(H2,5,7)(H2,6,8). The second-order valence-electron chi connectivity index (χ2n) is 3.99. The van der Waals surface area contributed by atoms with Gasteiger partial charge in [0.1, 0.15) is 11.6 Å². The summed E-state index contributed by atoms with van der Waals surface area (Å²) in [4.78, 5) is 27.8. The molecule has 0 aliphatic heterocycles. The van der Waals surface area contributed by atoms with Gasteiger partial charge in [-0.2, -0.15) is 0 Å². The Hall–Kier alpha value is -4.10. The van der Waals surface area contributed by atoms with E-state index >= 15 is 0 Å². The Balaban J connectivity index is 0.000000300. The lowest BCUT2D eigenvalue weighted by Crippen LogP contribution is -1.97. The predicted octanol–water partition coefficient (Wildman–Crippen LogP) is 0.758. The van der Waals surface area contributed by atoms with Crippen LogP contribution in [0.15, 0.2) is 24.3 Å². The molecule has 1 heterocycles. The highest BCUT2D eigenvalue weighted by Crippen LogP contribution is 2.38. The van der Waals surface area contributed by atoms with E-state index in [9.17, 15) is 30.3 Å². The molecule has 0 radical (unpaired) electrons. The number of non-ortho nitro benzene ring substituents is 1. The minimum atomic E-state index is -1.21. The number of phenols is 1. The lowest BCUT2D eigenvalue weighted by atomic mass is 10.2. The van der Waals surface area contributed by atoms with Crippen molar-refractivity contribution in [1.82, 2.24) is 10.2 Å². The Kier molecular flexibility index (Phi) is 5.42. The molecule has 2 aromatic rings. The van der Waals surface area contributed by atoms with Crippen molar-refractivity contribution < 1.29 is 19.9 Å². The minimum absolute atomic E-state index is 0.388. The molecule has 2 rings (SSSR count). The quantitative estimate of drug-likeness (QED) is 0.521. The van der Waals surface area contributed by atoms with Gasteiger partial charge in [0.25, 0.3) is 11.4 Å². The molecule has 0 unspecified atom stereocenters. The number of nitrogens with zero attached hydrogens (tertiary/aromatic N) is 5. The molecule has 14 heteroatoms. The molecule has 0 atom stereocenters. The summed E-state index contributed by atoms with van der Waals surface area (Å²) >= 11 is 0. The van der Waals surface area contributed by atoms with Gasteiger partial charge in [0.2, 0.25) is 0 Å². The van der Waals surface area contributed by atoms with Crippen LogP contribution in [-0.2, 0) is 0 Å². The molecule has 0 fully saturated rings. The molecule has 1 aromatic carbocycles. The van der Waals surface area contributed by atoms with Crippen LogP contribution in [0.2, 0.25) is 0 Å². The van der Waals surface area contributed by atoms with Crippen molar-refractivity contribution in [2.24, 2.45) is 0 Å². The molecule has 1 aromatic heterocycles. The zero-order valence-corrected chi connectivity index (χ0v) is 11.6. The third-order valence-electron chi connectivity index (χ3n) is 2.36. The molecular weight excluding hydrogens is 330 g/mol. The average molecular weight is 339 g/mol. The number of aromatic hydroxyl groups is 1. The number of phenolic OH excluding ortho intramolecular Hbond substituents is 1. The van der Waals surface area contributed by atoms with E-state index in [1.54, 1.807) is 12.1 Å². The zero-order valence-electron chi connectivity index (χ0n) is 11.6. The number of nitrogens with two attached hydrogens (primary N) is 2. The number of anilines is 2. The summed E-state index contributed by atoms with van der Waals surface area (Å²) in [5, 5.41) is 47.2. The van der Waals surface area contributed by atoms with Gasteiger partial charge in [0.15, 0.2) is 0 Å². The van der Waals surface area contributed by atoms with Crippen LogP contribution in [0.5, 0.6) is 5.75 Å². The topological polar surface area (TPSA) is 227 Å². The van der Waals surface area contributed by atoms with E-state index in [2.05, 4.69) is 10.2 Å². The monoisotopic (exact) mass is 339 g/mol. The van der Waals surface area contributed by atoms with Crippen LogP contribution < -0.4 is 11.5 Å². The molecule has 0 saturated heterocycles. The highest BCUT2D eigenvalue weighted by Gasteiger charge is 2.30. The number of rotatable bonds is 3. The van der Waals surface area contributed by atoms with Gasteiger partial charge in [0, 0.05) is 0 Å². The first-order chi connectivity index (χ1) is 11.1. The maximum absolute atomic E-state index is 10.4. The van der Waals surface area contributed by atoms with Crippen LogP contribution in [0.4, 0.5) is 28.7 Å². The van der Waals surface area contributed by atoms with Gasteiger partial charge in [-0.15, -0.1) is 10.2 Å². The summed E-state index contributed by atoms with van der Waals surface area (Å²) in [5.74, 6) is -0.431. The van der Waals surface area contributed by atoms with Crippen LogP contribution in [0.1, 0.15) is 0 Å². The number of nitro benzene ring substituents is 3. The summed E-state index contributed by atoms with van der Waals surface area (Å²) in [6.07, 6.45) is 0. The molecule has 14 nitrogen and oxygen atoms in total. The molecule has 0 aliphatic rings. The molecule has 126 valence electrons. The molecule has 0 amide bonds. The van der Waals surface area contributed by atoms with Crippen LogP contribution >= 0.6 is 0 Å². The Labute approximate surface area is 131 Å². The van der Waals surface area contributed by atoms with Gasteiger partial charge >= 0.3 is 11.4 Å².